The minimum Gasteiger partial charge on any atom is -0.508 e. The van der Waals surface area contributed by atoms with Crippen LogP contribution in [0.15, 0.2) is 71.6 Å². The van der Waals surface area contributed by atoms with E-state index < -0.39 is 22.1 Å². The van der Waals surface area contributed by atoms with Crippen LogP contribution in [0, 0.1) is 0 Å². The number of nitrogens with two attached hydrogens (primary N) is 1. The van der Waals surface area contributed by atoms with Crippen LogP contribution in [0.4, 0.5) is 0 Å². The number of sulfonamides is 1. The zero-order valence-electron chi connectivity index (χ0n) is 24.8. The number of phenolic OH excluding ortho intramolecular Hbond substituents is 1. The lowest BCUT2D eigenvalue weighted by Crippen LogP contribution is -2.22. The summed E-state index contributed by atoms with van der Waals surface area (Å²) in [6.45, 7) is 3.82. The van der Waals surface area contributed by atoms with Crippen molar-refractivity contribution in [2.75, 3.05) is 26.3 Å². The first-order valence-corrected chi connectivity index (χ1v) is 16.3. The number of aryl methyl sites for hydroxylation is 1. The maximum absolute atomic E-state index is 12.0. The van der Waals surface area contributed by atoms with E-state index in [2.05, 4.69) is 5.32 Å². The van der Waals surface area contributed by atoms with Crippen molar-refractivity contribution >= 4 is 16.0 Å². The molecule has 9 nitrogen and oxygen atoms in total. The standard InChI is InChI=1S/C33H44N2O7S/c1-25(36)42-24-30-21-28(14-15-32(30)37)33(38)23-35-16-8-2-3-9-17-41-18-10-7-11-26-19-29(27-12-5-4-6-13-27)22-31(20-26)43(34,39)40/h4-6,12-15,19-22,33,35,37-38H,2-3,7-11,16-18,23-24H2,1H3,(H2,34,39,40)/t33-/m0/s1. The molecule has 10 heteroatoms. The Morgan fingerprint density at radius 1 is 0.907 bits per heavy atom. The highest BCUT2D eigenvalue weighted by Crippen LogP contribution is 2.25. The van der Waals surface area contributed by atoms with Crippen molar-refractivity contribution in [2.24, 2.45) is 5.14 Å². The lowest BCUT2D eigenvalue weighted by molar-refractivity contribution is -0.142. The third kappa shape index (κ3) is 12.5. The molecule has 0 amide bonds. The molecule has 0 unspecified atom stereocenters. The molecular formula is C33H44N2O7S. The van der Waals surface area contributed by atoms with E-state index in [0.29, 0.717) is 30.9 Å². The van der Waals surface area contributed by atoms with Gasteiger partial charge in [-0.25, -0.2) is 13.6 Å². The number of unbranched alkanes of at least 4 members (excludes halogenated alkanes) is 4. The molecule has 0 radical (unpaired) electrons. The molecule has 0 aromatic heterocycles. The van der Waals surface area contributed by atoms with Crippen LogP contribution < -0.4 is 10.5 Å². The summed E-state index contributed by atoms with van der Waals surface area (Å²) < 4.78 is 34.7. The molecule has 0 saturated heterocycles. The Hall–Kier alpha value is -3.28. The van der Waals surface area contributed by atoms with Gasteiger partial charge in [-0.05, 0) is 85.2 Å². The van der Waals surface area contributed by atoms with E-state index >= 15 is 0 Å². The van der Waals surface area contributed by atoms with Crippen molar-refractivity contribution in [1.29, 1.82) is 0 Å². The normalized spacial score (nSPS) is 12.3. The number of carbonyl (C=O) groups is 1. The molecule has 43 heavy (non-hydrogen) atoms. The molecule has 5 N–H and O–H groups in total. The fourth-order valence-corrected chi connectivity index (χ4v) is 5.28. The lowest BCUT2D eigenvalue weighted by Gasteiger charge is -2.14. The van der Waals surface area contributed by atoms with E-state index in [1.807, 2.05) is 36.4 Å². The quantitative estimate of drug-likeness (QED) is 0.109. The number of esters is 1. The van der Waals surface area contributed by atoms with Gasteiger partial charge in [-0.2, -0.15) is 0 Å². The fourth-order valence-electron chi connectivity index (χ4n) is 4.67. The first kappa shape index (κ1) is 34.2. The molecule has 0 saturated carbocycles. The Bertz CT molecular complexity index is 1400. The first-order chi connectivity index (χ1) is 20.6. The van der Waals surface area contributed by atoms with E-state index in [0.717, 1.165) is 68.2 Å². The Labute approximate surface area is 255 Å². The second-order valence-electron chi connectivity index (χ2n) is 10.6. The van der Waals surface area contributed by atoms with Gasteiger partial charge in [-0.15, -0.1) is 0 Å². The highest BCUT2D eigenvalue weighted by molar-refractivity contribution is 7.89. The van der Waals surface area contributed by atoms with Crippen molar-refractivity contribution in [3.05, 3.63) is 83.4 Å². The number of hydrogen-bond donors (Lipinski definition) is 4. The number of carbonyl (C=O) groups excluding carboxylic acids is 1. The van der Waals surface area contributed by atoms with Gasteiger partial charge in [0.1, 0.15) is 12.4 Å². The molecule has 0 aliphatic carbocycles. The highest BCUT2D eigenvalue weighted by Gasteiger charge is 2.13. The second-order valence-corrected chi connectivity index (χ2v) is 12.2. The molecule has 0 spiro atoms. The number of primary sulfonamides is 1. The third-order valence-corrected chi connectivity index (χ3v) is 7.95. The van der Waals surface area contributed by atoms with Crippen LogP contribution in [0.2, 0.25) is 0 Å². The molecule has 0 bridgehead atoms. The third-order valence-electron chi connectivity index (χ3n) is 7.06. The number of rotatable bonds is 19. The highest BCUT2D eigenvalue weighted by atomic mass is 32.2. The Morgan fingerprint density at radius 2 is 1.63 bits per heavy atom. The summed E-state index contributed by atoms with van der Waals surface area (Å²) in [4.78, 5) is 11.2. The Morgan fingerprint density at radius 3 is 2.35 bits per heavy atom. The molecular weight excluding hydrogens is 568 g/mol. The van der Waals surface area contributed by atoms with Gasteiger partial charge in [0.25, 0.3) is 0 Å². The summed E-state index contributed by atoms with van der Waals surface area (Å²) in [6, 6.07) is 19.8. The van der Waals surface area contributed by atoms with E-state index in [-0.39, 0.29) is 17.3 Å². The number of nitrogens with one attached hydrogen (secondary N) is 1. The monoisotopic (exact) mass is 612 g/mol. The van der Waals surface area contributed by atoms with Gasteiger partial charge in [-0.3, -0.25) is 4.79 Å². The van der Waals surface area contributed by atoms with Crippen LogP contribution in [0.3, 0.4) is 0 Å². The SMILES string of the molecule is CC(=O)OCc1cc([C@@H](O)CNCCCCCCOCCCCc2cc(-c3ccccc3)cc(S(N)(=O)=O)c2)ccc1O. The largest absolute Gasteiger partial charge is 0.508 e. The maximum atomic E-state index is 12.0. The predicted octanol–water partition coefficient (Wildman–Crippen LogP) is 4.99. The average molecular weight is 613 g/mol. The molecule has 0 aliphatic rings. The van der Waals surface area contributed by atoms with Crippen LogP contribution in [0.25, 0.3) is 11.1 Å². The molecule has 1 atom stereocenters. The van der Waals surface area contributed by atoms with Gasteiger partial charge in [0, 0.05) is 32.2 Å². The molecule has 0 fully saturated rings. The van der Waals surface area contributed by atoms with Gasteiger partial charge in [0.05, 0.1) is 11.0 Å². The summed E-state index contributed by atoms with van der Waals surface area (Å²) in [6.07, 6.45) is 5.88. The lowest BCUT2D eigenvalue weighted by atomic mass is 10.0. The van der Waals surface area contributed by atoms with Crippen molar-refractivity contribution in [1.82, 2.24) is 5.32 Å². The van der Waals surface area contributed by atoms with Crippen molar-refractivity contribution in [3.8, 4) is 16.9 Å². The number of phenols is 1. The Kier molecular flexibility index (Phi) is 14.1. The number of aliphatic hydroxyl groups is 1. The van der Waals surface area contributed by atoms with Gasteiger partial charge < -0.3 is 25.0 Å². The van der Waals surface area contributed by atoms with Crippen LogP contribution in [-0.4, -0.2) is 50.9 Å². The van der Waals surface area contributed by atoms with Crippen LogP contribution in [-0.2, 0) is 37.3 Å². The summed E-state index contributed by atoms with van der Waals surface area (Å²) in [7, 11) is -3.79. The zero-order chi connectivity index (χ0) is 31.1. The number of aromatic hydroxyl groups is 1. The predicted molar refractivity (Wildman–Crippen MR) is 167 cm³/mol. The smallest absolute Gasteiger partial charge is 0.302 e. The van der Waals surface area contributed by atoms with Gasteiger partial charge >= 0.3 is 5.97 Å². The molecule has 0 heterocycles. The van der Waals surface area contributed by atoms with Crippen LogP contribution >= 0.6 is 0 Å². The number of hydrogen-bond acceptors (Lipinski definition) is 8. The van der Waals surface area contributed by atoms with Gasteiger partial charge in [0.2, 0.25) is 10.0 Å². The van der Waals surface area contributed by atoms with E-state index in [1.54, 1.807) is 24.3 Å². The van der Waals surface area contributed by atoms with Gasteiger partial charge in [-0.1, -0.05) is 55.3 Å². The number of ether oxygens (including phenoxy) is 2. The minimum absolute atomic E-state index is 0.0277. The minimum atomic E-state index is -3.79. The summed E-state index contributed by atoms with van der Waals surface area (Å²) in [5.74, 6) is -0.403. The summed E-state index contributed by atoms with van der Waals surface area (Å²) in [5.41, 5.74) is 3.85. The van der Waals surface area contributed by atoms with Crippen molar-refractivity contribution in [2.45, 2.75) is 69.5 Å². The first-order valence-electron chi connectivity index (χ1n) is 14.8. The van der Waals surface area contributed by atoms with E-state index in [9.17, 15) is 23.4 Å². The van der Waals surface area contributed by atoms with Crippen molar-refractivity contribution in [3.63, 3.8) is 0 Å². The number of aliphatic hydroxyl groups excluding tert-OH is 1. The molecule has 3 aromatic carbocycles. The maximum Gasteiger partial charge on any atom is 0.302 e. The van der Waals surface area contributed by atoms with Crippen LogP contribution in [0.1, 0.15) is 68.2 Å². The molecule has 3 rings (SSSR count). The van der Waals surface area contributed by atoms with E-state index in [4.69, 9.17) is 14.6 Å². The Balaban J connectivity index is 1.24. The molecule has 234 valence electrons. The van der Waals surface area contributed by atoms with Crippen molar-refractivity contribution < 1.29 is 32.9 Å². The summed E-state index contributed by atoms with van der Waals surface area (Å²) >= 11 is 0. The van der Waals surface area contributed by atoms with Crippen LogP contribution in [0.5, 0.6) is 5.75 Å². The van der Waals surface area contributed by atoms with Gasteiger partial charge in [0.15, 0.2) is 0 Å². The number of benzene rings is 3. The van der Waals surface area contributed by atoms with E-state index in [1.165, 1.54) is 13.0 Å². The summed E-state index contributed by atoms with van der Waals surface area (Å²) in [5, 5.41) is 29.0. The topological polar surface area (TPSA) is 148 Å². The average Bonchev–Trinajstić information content (AvgIpc) is 2.98. The molecule has 3 aromatic rings. The second kappa shape index (κ2) is 17.7. The zero-order valence-corrected chi connectivity index (χ0v) is 25.7. The fraction of sp³-hybridized carbons (Fsp3) is 0.424. The molecule has 0 aliphatic heterocycles.